The number of nitrogen functional groups attached to an aromatic ring is 1. The molecule has 118 valence electrons. The highest BCUT2D eigenvalue weighted by molar-refractivity contribution is 5.39. The number of nitrogens with two attached hydrogens (primary N) is 1. The number of benzene rings is 2. The van der Waals surface area contributed by atoms with Gasteiger partial charge in [0.25, 0.3) is 0 Å². The Hall–Kier alpha value is -2.00. The van der Waals surface area contributed by atoms with Crippen LogP contribution in [0.3, 0.4) is 0 Å². The number of ether oxygens (including phenoxy) is 1. The van der Waals surface area contributed by atoms with Crippen LogP contribution in [0.5, 0.6) is 5.75 Å². The Kier molecular flexibility index (Phi) is 5.84. The van der Waals surface area contributed by atoms with Crippen molar-refractivity contribution in [3.8, 4) is 5.75 Å². The normalized spacial score (nSPS) is 12.4. The molecule has 0 aliphatic carbocycles. The summed E-state index contributed by atoms with van der Waals surface area (Å²) in [5.74, 6) is 0.973. The predicted molar refractivity (Wildman–Crippen MR) is 93.3 cm³/mol. The average molecular weight is 298 g/mol. The van der Waals surface area contributed by atoms with Gasteiger partial charge in [-0.25, -0.2) is 0 Å². The summed E-state index contributed by atoms with van der Waals surface area (Å²) < 4.78 is 5.93. The lowest BCUT2D eigenvalue weighted by Gasteiger charge is -2.25. The molecule has 0 aromatic heterocycles. The van der Waals surface area contributed by atoms with Crippen LogP contribution >= 0.6 is 0 Å². The zero-order chi connectivity index (χ0) is 15.9. The fraction of sp³-hybridized carbons (Fsp3) is 0.368. The molecule has 0 radical (unpaired) electrons. The third-order valence-corrected chi connectivity index (χ3v) is 4.06. The van der Waals surface area contributed by atoms with E-state index >= 15 is 0 Å². The quantitative estimate of drug-likeness (QED) is 0.795. The van der Waals surface area contributed by atoms with Gasteiger partial charge in [-0.1, -0.05) is 30.3 Å². The molecule has 0 aliphatic heterocycles. The number of rotatable bonds is 7. The van der Waals surface area contributed by atoms with Crippen LogP contribution in [-0.2, 0) is 6.42 Å². The van der Waals surface area contributed by atoms with E-state index in [1.54, 1.807) is 0 Å². The SMILES string of the molecule is Cc1ccccc1OCC(C)N(C)CCc1ccc(N)cc1. The second kappa shape index (κ2) is 7.85. The van der Waals surface area contributed by atoms with Gasteiger partial charge in [0.2, 0.25) is 0 Å². The predicted octanol–water partition coefficient (Wildman–Crippen LogP) is 3.52. The number of anilines is 1. The Morgan fingerprint density at radius 1 is 1.09 bits per heavy atom. The van der Waals surface area contributed by atoms with E-state index in [0.29, 0.717) is 12.6 Å². The van der Waals surface area contributed by atoms with Gasteiger partial charge in [-0.05, 0) is 56.6 Å². The van der Waals surface area contributed by atoms with Gasteiger partial charge >= 0.3 is 0 Å². The van der Waals surface area contributed by atoms with E-state index < -0.39 is 0 Å². The lowest BCUT2D eigenvalue weighted by atomic mass is 10.1. The van der Waals surface area contributed by atoms with E-state index in [9.17, 15) is 0 Å². The Bertz CT molecular complexity index is 580. The first-order chi connectivity index (χ1) is 10.6. The number of hydrogen-bond acceptors (Lipinski definition) is 3. The van der Waals surface area contributed by atoms with Crippen LogP contribution in [0.2, 0.25) is 0 Å². The van der Waals surface area contributed by atoms with Crippen LogP contribution in [0.4, 0.5) is 5.69 Å². The maximum absolute atomic E-state index is 5.93. The van der Waals surface area contributed by atoms with Crippen molar-refractivity contribution < 1.29 is 4.74 Å². The van der Waals surface area contributed by atoms with Gasteiger partial charge in [0.1, 0.15) is 12.4 Å². The minimum atomic E-state index is 0.369. The third kappa shape index (κ3) is 4.78. The van der Waals surface area contributed by atoms with Gasteiger partial charge in [-0.2, -0.15) is 0 Å². The van der Waals surface area contributed by atoms with Gasteiger partial charge in [-0.3, -0.25) is 4.90 Å². The molecule has 3 heteroatoms. The molecule has 22 heavy (non-hydrogen) atoms. The highest BCUT2D eigenvalue weighted by Crippen LogP contribution is 2.16. The van der Waals surface area contributed by atoms with Gasteiger partial charge in [0.05, 0.1) is 0 Å². The van der Waals surface area contributed by atoms with Gasteiger partial charge in [0, 0.05) is 18.3 Å². The molecule has 3 nitrogen and oxygen atoms in total. The lowest BCUT2D eigenvalue weighted by molar-refractivity contribution is 0.174. The largest absolute Gasteiger partial charge is 0.492 e. The minimum absolute atomic E-state index is 0.369. The highest BCUT2D eigenvalue weighted by Gasteiger charge is 2.10. The molecule has 0 bridgehead atoms. The lowest BCUT2D eigenvalue weighted by Crippen LogP contribution is -2.35. The summed E-state index contributed by atoms with van der Waals surface area (Å²) >= 11 is 0. The molecule has 2 aromatic carbocycles. The van der Waals surface area contributed by atoms with Crippen LogP contribution in [-0.4, -0.2) is 31.1 Å². The molecule has 0 amide bonds. The van der Waals surface area contributed by atoms with Crippen molar-refractivity contribution in [3.05, 3.63) is 59.7 Å². The van der Waals surface area contributed by atoms with Crippen molar-refractivity contribution in [2.75, 3.05) is 25.9 Å². The number of nitrogens with zero attached hydrogens (tertiary/aromatic N) is 1. The maximum Gasteiger partial charge on any atom is 0.122 e. The molecule has 2 aromatic rings. The van der Waals surface area contributed by atoms with Crippen molar-refractivity contribution in [2.45, 2.75) is 26.3 Å². The van der Waals surface area contributed by atoms with E-state index in [-0.39, 0.29) is 0 Å². The van der Waals surface area contributed by atoms with Crippen LogP contribution in [0.15, 0.2) is 48.5 Å². The Balaban J connectivity index is 1.78. The van der Waals surface area contributed by atoms with E-state index in [2.05, 4.69) is 44.0 Å². The van der Waals surface area contributed by atoms with Crippen molar-refractivity contribution in [3.63, 3.8) is 0 Å². The second-order valence-corrected chi connectivity index (χ2v) is 5.90. The molecule has 0 fully saturated rings. The van der Waals surface area contributed by atoms with Crippen molar-refractivity contribution in [1.29, 1.82) is 0 Å². The minimum Gasteiger partial charge on any atom is -0.492 e. The first kappa shape index (κ1) is 16.4. The van der Waals surface area contributed by atoms with Crippen LogP contribution in [0.1, 0.15) is 18.1 Å². The summed E-state index contributed by atoms with van der Waals surface area (Å²) in [4.78, 5) is 2.33. The summed E-state index contributed by atoms with van der Waals surface area (Å²) in [6.07, 6.45) is 1.02. The third-order valence-electron chi connectivity index (χ3n) is 4.06. The second-order valence-electron chi connectivity index (χ2n) is 5.90. The molecule has 0 saturated carbocycles. The molecule has 0 saturated heterocycles. The Morgan fingerprint density at radius 3 is 2.45 bits per heavy atom. The molecule has 1 atom stereocenters. The van der Waals surface area contributed by atoms with Crippen LogP contribution < -0.4 is 10.5 Å². The standard InChI is InChI=1S/C19H26N2O/c1-15-6-4-5-7-19(15)22-14-16(2)21(3)13-12-17-8-10-18(20)11-9-17/h4-11,16H,12-14,20H2,1-3H3. The molecule has 0 spiro atoms. The van der Waals surface area contributed by atoms with Crippen molar-refractivity contribution in [1.82, 2.24) is 4.90 Å². The molecule has 2 rings (SSSR count). The number of para-hydroxylation sites is 1. The monoisotopic (exact) mass is 298 g/mol. The highest BCUT2D eigenvalue weighted by atomic mass is 16.5. The number of likely N-dealkylation sites (N-methyl/N-ethyl adjacent to an activating group) is 1. The van der Waals surface area contributed by atoms with E-state index in [0.717, 1.165) is 24.4 Å². The first-order valence-electron chi connectivity index (χ1n) is 7.79. The van der Waals surface area contributed by atoms with Gasteiger partial charge in [-0.15, -0.1) is 0 Å². The van der Waals surface area contributed by atoms with Crippen LogP contribution in [0, 0.1) is 6.92 Å². The fourth-order valence-electron chi connectivity index (χ4n) is 2.27. The smallest absolute Gasteiger partial charge is 0.122 e. The average Bonchev–Trinajstić information content (AvgIpc) is 2.53. The first-order valence-corrected chi connectivity index (χ1v) is 7.79. The molecule has 2 N–H and O–H groups in total. The topological polar surface area (TPSA) is 38.5 Å². The summed E-state index contributed by atoms with van der Waals surface area (Å²) in [6.45, 7) is 5.97. The fourth-order valence-corrected chi connectivity index (χ4v) is 2.27. The van der Waals surface area contributed by atoms with Gasteiger partial charge < -0.3 is 10.5 Å². The van der Waals surface area contributed by atoms with E-state index in [1.165, 1.54) is 11.1 Å². The molecule has 1 unspecified atom stereocenters. The Morgan fingerprint density at radius 2 is 1.77 bits per heavy atom. The summed E-state index contributed by atoms with van der Waals surface area (Å²) in [5, 5.41) is 0. The molecule has 0 aliphatic rings. The zero-order valence-electron chi connectivity index (χ0n) is 13.8. The molecular formula is C19H26N2O. The summed E-state index contributed by atoms with van der Waals surface area (Å²) in [7, 11) is 2.14. The molecular weight excluding hydrogens is 272 g/mol. The van der Waals surface area contributed by atoms with Crippen LogP contribution in [0.25, 0.3) is 0 Å². The summed E-state index contributed by atoms with van der Waals surface area (Å²) in [6, 6.07) is 16.6. The van der Waals surface area contributed by atoms with Gasteiger partial charge in [0.15, 0.2) is 0 Å². The number of hydrogen-bond donors (Lipinski definition) is 1. The maximum atomic E-state index is 5.93. The molecule has 0 heterocycles. The van der Waals surface area contributed by atoms with Crippen molar-refractivity contribution >= 4 is 5.69 Å². The zero-order valence-corrected chi connectivity index (χ0v) is 13.8. The van der Waals surface area contributed by atoms with E-state index in [4.69, 9.17) is 10.5 Å². The summed E-state index contributed by atoms with van der Waals surface area (Å²) in [5.41, 5.74) is 9.02. The van der Waals surface area contributed by atoms with Crippen molar-refractivity contribution in [2.24, 2.45) is 0 Å². The number of aryl methyl sites for hydroxylation is 1. The van der Waals surface area contributed by atoms with E-state index in [1.807, 2.05) is 30.3 Å². The Labute approximate surface area is 133 Å².